The lowest BCUT2D eigenvalue weighted by molar-refractivity contribution is -0.872. The summed E-state index contributed by atoms with van der Waals surface area (Å²) in [5.41, 5.74) is 0. The maximum Gasteiger partial charge on any atom is 0.144 e. The standard InChI is InChI=1S/C10H20NO/c1-8-5-6-9(10(8)12)7-11(2,3)4/h8-9H,5-7H2,1-4H3/q+1/t8?,9-/m0/s1. The number of nitrogens with zero attached hydrogens (tertiary/aromatic N) is 1. The summed E-state index contributed by atoms with van der Waals surface area (Å²) in [4.78, 5) is 11.6. The van der Waals surface area contributed by atoms with Crippen molar-refractivity contribution in [2.45, 2.75) is 19.8 Å². The molecule has 0 amide bonds. The van der Waals surface area contributed by atoms with Gasteiger partial charge in [0, 0.05) is 5.92 Å². The summed E-state index contributed by atoms with van der Waals surface area (Å²) in [6.07, 6.45) is 2.21. The molecule has 2 atom stereocenters. The number of carbonyl (C=O) groups is 1. The van der Waals surface area contributed by atoms with Crippen molar-refractivity contribution >= 4 is 5.78 Å². The first-order valence-electron chi connectivity index (χ1n) is 4.74. The van der Waals surface area contributed by atoms with Crippen LogP contribution in [-0.2, 0) is 4.79 Å². The average Bonchev–Trinajstić information content (AvgIpc) is 2.16. The van der Waals surface area contributed by atoms with Gasteiger partial charge in [0.25, 0.3) is 0 Å². The molecule has 0 bridgehead atoms. The Labute approximate surface area is 75.1 Å². The van der Waals surface area contributed by atoms with Crippen molar-refractivity contribution in [1.82, 2.24) is 0 Å². The molecular weight excluding hydrogens is 150 g/mol. The maximum absolute atomic E-state index is 11.6. The normalized spacial score (nSPS) is 31.2. The van der Waals surface area contributed by atoms with Gasteiger partial charge in [0.05, 0.1) is 33.6 Å². The molecule has 0 aromatic heterocycles. The highest BCUT2D eigenvalue weighted by Crippen LogP contribution is 2.27. The van der Waals surface area contributed by atoms with Gasteiger partial charge in [-0.15, -0.1) is 0 Å². The van der Waals surface area contributed by atoms with E-state index in [9.17, 15) is 4.79 Å². The van der Waals surface area contributed by atoms with E-state index in [0.29, 0.717) is 17.6 Å². The third-order valence-electron chi connectivity index (χ3n) is 2.60. The molecule has 0 radical (unpaired) electrons. The minimum absolute atomic E-state index is 0.321. The van der Waals surface area contributed by atoms with E-state index >= 15 is 0 Å². The van der Waals surface area contributed by atoms with Gasteiger partial charge in [0.1, 0.15) is 5.78 Å². The van der Waals surface area contributed by atoms with Gasteiger partial charge in [0.15, 0.2) is 0 Å². The highest BCUT2D eigenvalue weighted by molar-refractivity contribution is 5.85. The summed E-state index contributed by atoms with van der Waals surface area (Å²) in [5.74, 6) is 1.14. The van der Waals surface area contributed by atoms with Crippen LogP contribution in [0.3, 0.4) is 0 Å². The second kappa shape index (κ2) is 3.17. The fourth-order valence-corrected chi connectivity index (χ4v) is 1.98. The number of ketones is 1. The van der Waals surface area contributed by atoms with Crippen molar-refractivity contribution in [2.24, 2.45) is 11.8 Å². The van der Waals surface area contributed by atoms with Crippen LogP contribution in [0.2, 0.25) is 0 Å². The van der Waals surface area contributed by atoms with Gasteiger partial charge >= 0.3 is 0 Å². The minimum Gasteiger partial charge on any atom is -0.330 e. The Bertz CT molecular complexity index is 181. The molecule has 0 aromatic carbocycles. The maximum atomic E-state index is 11.6. The van der Waals surface area contributed by atoms with Crippen LogP contribution in [0, 0.1) is 11.8 Å². The minimum atomic E-state index is 0.321. The van der Waals surface area contributed by atoms with E-state index in [1.165, 1.54) is 0 Å². The Balaban J connectivity index is 2.50. The molecule has 70 valence electrons. The van der Waals surface area contributed by atoms with Gasteiger partial charge in [0.2, 0.25) is 0 Å². The molecule has 1 unspecified atom stereocenters. The number of quaternary nitrogens is 1. The zero-order chi connectivity index (χ0) is 9.35. The lowest BCUT2D eigenvalue weighted by Gasteiger charge is -2.26. The first-order chi connectivity index (χ1) is 5.40. The molecule has 1 aliphatic rings. The van der Waals surface area contributed by atoms with E-state index in [2.05, 4.69) is 28.1 Å². The molecule has 0 heterocycles. The van der Waals surface area contributed by atoms with Gasteiger partial charge in [-0.2, -0.15) is 0 Å². The molecule has 1 fully saturated rings. The number of Topliss-reactive ketones (excluding diaryl/α,β-unsaturated/α-hetero) is 1. The van der Waals surface area contributed by atoms with Crippen molar-refractivity contribution < 1.29 is 9.28 Å². The van der Waals surface area contributed by atoms with Crippen LogP contribution >= 0.6 is 0 Å². The molecule has 0 saturated heterocycles. The molecule has 0 N–H and O–H groups in total. The van der Waals surface area contributed by atoms with E-state index in [1.807, 2.05) is 0 Å². The van der Waals surface area contributed by atoms with E-state index < -0.39 is 0 Å². The van der Waals surface area contributed by atoms with E-state index in [4.69, 9.17) is 0 Å². The number of rotatable bonds is 2. The number of carbonyl (C=O) groups excluding carboxylic acids is 1. The van der Waals surface area contributed by atoms with Crippen molar-refractivity contribution in [1.29, 1.82) is 0 Å². The summed E-state index contributed by atoms with van der Waals surface area (Å²) < 4.78 is 0.906. The summed E-state index contributed by atoms with van der Waals surface area (Å²) in [7, 11) is 6.45. The Morgan fingerprint density at radius 2 is 1.92 bits per heavy atom. The molecular formula is C10H20NO+. The van der Waals surface area contributed by atoms with Gasteiger partial charge in [-0.05, 0) is 12.8 Å². The quantitative estimate of drug-likeness (QED) is 0.571. The Morgan fingerprint density at radius 3 is 2.25 bits per heavy atom. The molecule has 0 aromatic rings. The van der Waals surface area contributed by atoms with E-state index in [0.717, 1.165) is 23.9 Å². The van der Waals surface area contributed by atoms with Crippen LogP contribution in [0.5, 0.6) is 0 Å². The first kappa shape index (κ1) is 9.72. The van der Waals surface area contributed by atoms with Gasteiger partial charge in [-0.3, -0.25) is 4.79 Å². The van der Waals surface area contributed by atoms with Crippen molar-refractivity contribution in [3.63, 3.8) is 0 Å². The van der Waals surface area contributed by atoms with Crippen molar-refractivity contribution in [2.75, 3.05) is 27.7 Å². The molecule has 0 spiro atoms. The van der Waals surface area contributed by atoms with Crippen LogP contribution in [0.25, 0.3) is 0 Å². The third-order valence-corrected chi connectivity index (χ3v) is 2.60. The van der Waals surface area contributed by atoms with E-state index in [-0.39, 0.29) is 0 Å². The van der Waals surface area contributed by atoms with Gasteiger partial charge in [-0.1, -0.05) is 6.92 Å². The van der Waals surface area contributed by atoms with Crippen LogP contribution in [0.4, 0.5) is 0 Å². The lowest BCUT2D eigenvalue weighted by atomic mass is 10.0. The Hall–Kier alpha value is -0.370. The highest BCUT2D eigenvalue weighted by atomic mass is 16.1. The second-order valence-corrected chi connectivity index (χ2v) is 5.05. The number of hydrogen-bond donors (Lipinski definition) is 0. The topological polar surface area (TPSA) is 17.1 Å². The highest BCUT2D eigenvalue weighted by Gasteiger charge is 2.34. The van der Waals surface area contributed by atoms with Crippen molar-refractivity contribution in [3.05, 3.63) is 0 Å². The average molecular weight is 170 g/mol. The van der Waals surface area contributed by atoms with Gasteiger partial charge < -0.3 is 4.48 Å². The smallest absolute Gasteiger partial charge is 0.144 e. The predicted octanol–water partition coefficient (Wildman–Crippen LogP) is 1.31. The van der Waals surface area contributed by atoms with Crippen LogP contribution in [0.15, 0.2) is 0 Å². The lowest BCUT2D eigenvalue weighted by Crippen LogP contribution is -2.40. The Kier molecular flexibility index (Phi) is 2.57. The second-order valence-electron chi connectivity index (χ2n) is 5.05. The molecule has 0 aliphatic heterocycles. The molecule has 1 saturated carbocycles. The van der Waals surface area contributed by atoms with Crippen LogP contribution < -0.4 is 0 Å². The fourth-order valence-electron chi connectivity index (χ4n) is 1.98. The Morgan fingerprint density at radius 1 is 1.33 bits per heavy atom. The SMILES string of the molecule is CC1CC[C@@H](C[N+](C)(C)C)C1=O. The molecule has 12 heavy (non-hydrogen) atoms. The fraction of sp³-hybridized carbons (Fsp3) is 0.900. The summed E-state index contributed by atoms with van der Waals surface area (Å²) in [6, 6.07) is 0. The zero-order valence-corrected chi connectivity index (χ0v) is 8.63. The molecule has 1 rings (SSSR count). The zero-order valence-electron chi connectivity index (χ0n) is 8.63. The summed E-state index contributed by atoms with van der Waals surface area (Å²) in [6.45, 7) is 3.06. The molecule has 1 aliphatic carbocycles. The van der Waals surface area contributed by atoms with Crippen molar-refractivity contribution in [3.8, 4) is 0 Å². The summed E-state index contributed by atoms with van der Waals surface area (Å²) in [5, 5.41) is 0. The largest absolute Gasteiger partial charge is 0.330 e. The molecule has 2 nitrogen and oxygen atoms in total. The predicted molar refractivity (Wildman–Crippen MR) is 49.8 cm³/mol. The van der Waals surface area contributed by atoms with Crippen LogP contribution in [-0.4, -0.2) is 38.0 Å². The van der Waals surface area contributed by atoms with Crippen LogP contribution in [0.1, 0.15) is 19.8 Å². The van der Waals surface area contributed by atoms with E-state index in [1.54, 1.807) is 0 Å². The van der Waals surface area contributed by atoms with Gasteiger partial charge in [-0.25, -0.2) is 0 Å². The number of hydrogen-bond acceptors (Lipinski definition) is 1. The summed E-state index contributed by atoms with van der Waals surface area (Å²) >= 11 is 0. The third kappa shape index (κ3) is 2.31. The monoisotopic (exact) mass is 170 g/mol. The molecule has 2 heteroatoms. The first-order valence-corrected chi connectivity index (χ1v) is 4.74.